The molecule has 0 aliphatic carbocycles. The van der Waals surface area contributed by atoms with E-state index in [2.05, 4.69) is 96.5 Å². The van der Waals surface area contributed by atoms with Crippen LogP contribution in [0, 0.1) is 0 Å². The highest BCUT2D eigenvalue weighted by atomic mass is 16.2. The summed E-state index contributed by atoms with van der Waals surface area (Å²) in [5.41, 5.74) is 3.63. The Morgan fingerprint density at radius 3 is 1.80 bits per heavy atom. The van der Waals surface area contributed by atoms with E-state index in [1.54, 1.807) is 6.08 Å². The molecule has 1 aliphatic rings. The number of imidazole rings is 1. The Hall–Kier alpha value is -4.45. The average Bonchev–Trinajstić information content (AvgIpc) is 3.52. The minimum Gasteiger partial charge on any atom is -0.316 e. The number of imide groups is 1. The fraction of sp³-hybridized carbons (Fsp3) is 0.265. The van der Waals surface area contributed by atoms with E-state index in [1.165, 1.54) is 4.90 Å². The van der Waals surface area contributed by atoms with E-state index in [0.29, 0.717) is 17.9 Å². The number of hydrogen-bond acceptors (Lipinski definition) is 3. The molecule has 0 unspecified atom stereocenters. The van der Waals surface area contributed by atoms with E-state index in [0.717, 1.165) is 54.6 Å². The molecule has 1 aliphatic heterocycles. The van der Waals surface area contributed by atoms with Crippen molar-refractivity contribution < 1.29 is 9.59 Å². The summed E-state index contributed by atoms with van der Waals surface area (Å²) in [7, 11) is 0. The molecule has 0 radical (unpaired) electrons. The molecular formula is C34H36N4O2. The van der Waals surface area contributed by atoms with E-state index in [1.807, 2.05) is 24.4 Å². The second-order valence-electron chi connectivity index (χ2n) is 10.2. The number of aryl methyl sites for hydroxylation is 1. The molecule has 1 fully saturated rings. The van der Waals surface area contributed by atoms with Gasteiger partial charge in [0.1, 0.15) is 17.1 Å². The molecular weight excluding hydrogens is 496 g/mol. The van der Waals surface area contributed by atoms with Crippen molar-refractivity contribution in [3.8, 4) is 0 Å². The molecule has 204 valence electrons. The van der Waals surface area contributed by atoms with Gasteiger partial charge in [-0.15, -0.1) is 0 Å². The van der Waals surface area contributed by atoms with Gasteiger partial charge < -0.3 is 4.57 Å². The van der Waals surface area contributed by atoms with Gasteiger partial charge in [-0.25, -0.2) is 9.78 Å². The number of hydrogen-bond donors (Lipinski definition) is 1. The molecule has 0 atom stereocenters. The summed E-state index contributed by atoms with van der Waals surface area (Å²) in [4.78, 5) is 32.0. The van der Waals surface area contributed by atoms with E-state index >= 15 is 0 Å². The lowest BCUT2D eigenvalue weighted by molar-refractivity contribution is -0.116. The van der Waals surface area contributed by atoms with Crippen LogP contribution in [0.3, 0.4) is 0 Å². The first-order valence-corrected chi connectivity index (χ1v) is 14.2. The number of benzene rings is 3. The Morgan fingerprint density at radius 2 is 1.30 bits per heavy atom. The number of nitrogens with zero attached hydrogens (tertiary/aromatic N) is 3. The molecule has 6 heteroatoms. The minimum atomic E-state index is -0.702. The topological polar surface area (TPSA) is 67.2 Å². The van der Waals surface area contributed by atoms with Crippen molar-refractivity contribution in [2.45, 2.75) is 51.5 Å². The molecule has 3 amide bonds. The van der Waals surface area contributed by atoms with Gasteiger partial charge in [0.2, 0.25) is 0 Å². The molecule has 1 aromatic heterocycles. The Kier molecular flexibility index (Phi) is 8.25. The fourth-order valence-corrected chi connectivity index (χ4v) is 5.55. The molecule has 4 aromatic rings. The quantitative estimate of drug-likeness (QED) is 0.132. The van der Waals surface area contributed by atoms with Gasteiger partial charge in [-0.2, -0.15) is 0 Å². The molecule has 6 nitrogen and oxygen atoms in total. The Balaban J connectivity index is 1.77. The lowest BCUT2D eigenvalue weighted by Crippen LogP contribution is -2.38. The van der Waals surface area contributed by atoms with Gasteiger partial charge in [0.25, 0.3) is 5.91 Å². The van der Waals surface area contributed by atoms with Crippen LogP contribution in [0.2, 0.25) is 0 Å². The first-order valence-electron chi connectivity index (χ1n) is 14.2. The van der Waals surface area contributed by atoms with Crippen molar-refractivity contribution in [3.63, 3.8) is 0 Å². The van der Waals surface area contributed by atoms with E-state index in [9.17, 15) is 9.59 Å². The number of rotatable bonds is 11. The average molecular weight is 533 g/mol. The summed E-state index contributed by atoms with van der Waals surface area (Å²) in [5, 5.41) is 2.45. The van der Waals surface area contributed by atoms with Crippen LogP contribution in [0.4, 0.5) is 4.79 Å². The second-order valence-corrected chi connectivity index (χ2v) is 10.2. The number of amides is 3. The van der Waals surface area contributed by atoms with Gasteiger partial charge in [0.05, 0.1) is 5.69 Å². The maximum Gasteiger partial charge on any atom is 0.329 e. The number of nitrogens with one attached hydrogen (secondary N) is 1. The second kappa shape index (κ2) is 12.2. The summed E-state index contributed by atoms with van der Waals surface area (Å²) >= 11 is 0. The Labute approximate surface area is 236 Å². The molecule has 0 bridgehead atoms. The van der Waals surface area contributed by atoms with Crippen LogP contribution >= 0.6 is 0 Å². The SMILES string of the molecule is CCCCc1nc(/C=C2/C(=O)NC(=O)N2CCCC)cn1C(c1ccccc1)(c1ccccc1)c1ccccc1. The molecule has 2 heterocycles. The smallest absolute Gasteiger partial charge is 0.316 e. The third-order valence-electron chi connectivity index (χ3n) is 7.50. The Morgan fingerprint density at radius 1 is 0.775 bits per heavy atom. The number of aromatic nitrogens is 2. The number of carbonyl (C=O) groups excluding carboxylic acids is 2. The lowest BCUT2D eigenvalue weighted by Gasteiger charge is -2.38. The molecule has 40 heavy (non-hydrogen) atoms. The van der Waals surface area contributed by atoms with Crippen molar-refractivity contribution in [2.75, 3.05) is 6.54 Å². The van der Waals surface area contributed by atoms with Gasteiger partial charge in [0, 0.05) is 19.2 Å². The number of unbranched alkanes of at least 4 members (excludes halogenated alkanes) is 2. The van der Waals surface area contributed by atoms with Crippen molar-refractivity contribution >= 4 is 18.0 Å². The maximum atomic E-state index is 12.8. The van der Waals surface area contributed by atoms with Gasteiger partial charge >= 0.3 is 6.03 Å². The van der Waals surface area contributed by atoms with Gasteiger partial charge in [-0.1, -0.05) is 118 Å². The van der Waals surface area contributed by atoms with Crippen LogP contribution in [0.15, 0.2) is 103 Å². The van der Waals surface area contributed by atoms with Gasteiger partial charge in [-0.3, -0.25) is 15.0 Å². The van der Waals surface area contributed by atoms with Crippen molar-refractivity contribution in [1.29, 1.82) is 0 Å². The highest BCUT2D eigenvalue weighted by molar-refractivity contribution is 6.13. The predicted molar refractivity (Wildman–Crippen MR) is 159 cm³/mol. The van der Waals surface area contributed by atoms with Gasteiger partial charge in [-0.05, 0) is 35.6 Å². The van der Waals surface area contributed by atoms with Crippen molar-refractivity contribution in [2.24, 2.45) is 0 Å². The monoisotopic (exact) mass is 532 g/mol. The first kappa shape index (κ1) is 27.1. The standard InChI is InChI=1S/C34H36N4O2/c1-3-5-22-31-35-29(24-30-32(39)36-33(40)37(30)23-6-4-2)25-38(31)34(26-16-10-7-11-17-26,27-18-12-8-13-19-27)28-20-14-9-15-21-28/h7-21,24-25H,3-6,22-23H2,1-2H3,(H,36,39,40)/b30-24-. The lowest BCUT2D eigenvalue weighted by atomic mass is 9.76. The Bertz CT molecular complexity index is 1380. The van der Waals surface area contributed by atoms with E-state index < -0.39 is 5.54 Å². The van der Waals surface area contributed by atoms with Crippen molar-refractivity contribution in [3.05, 3.63) is 131 Å². The van der Waals surface area contributed by atoms with Crippen LogP contribution in [0.5, 0.6) is 0 Å². The normalized spacial score (nSPS) is 14.7. The molecule has 3 aromatic carbocycles. The van der Waals surface area contributed by atoms with Crippen LogP contribution in [0.1, 0.15) is 67.7 Å². The van der Waals surface area contributed by atoms with Crippen LogP contribution < -0.4 is 5.32 Å². The first-order chi connectivity index (χ1) is 19.6. The maximum absolute atomic E-state index is 12.8. The zero-order valence-electron chi connectivity index (χ0n) is 23.2. The summed E-state index contributed by atoms with van der Waals surface area (Å²) in [6.45, 7) is 4.73. The zero-order chi connectivity index (χ0) is 28.0. The third kappa shape index (κ3) is 5.09. The fourth-order valence-electron chi connectivity index (χ4n) is 5.55. The van der Waals surface area contributed by atoms with Crippen LogP contribution in [-0.4, -0.2) is 32.9 Å². The van der Waals surface area contributed by atoms with Crippen LogP contribution in [0.25, 0.3) is 6.08 Å². The third-order valence-corrected chi connectivity index (χ3v) is 7.50. The summed E-state index contributed by atoms with van der Waals surface area (Å²) in [5.74, 6) is 0.543. The largest absolute Gasteiger partial charge is 0.329 e. The summed E-state index contributed by atoms with van der Waals surface area (Å²) in [6, 6.07) is 31.1. The summed E-state index contributed by atoms with van der Waals surface area (Å²) < 4.78 is 2.28. The molecule has 1 saturated heterocycles. The highest BCUT2D eigenvalue weighted by Crippen LogP contribution is 2.42. The highest BCUT2D eigenvalue weighted by Gasteiger charge is 2.40. The van der Waals surface area contributed by atoms with Crippen LogP contribution in [-0.2, 0) is 16.8 Å². The minimum absolute atomic E-state index is 0.342. The molecule has 5 rings (SSSR count). The predicted octanol–water partition coefficient (Wildman–Crippen LogP) is 6.76. The number of urea groups is 1. The molecule has 1 N–H and O–H groups in total. The van der Waals surface area contributed by atoms with Gasteiger partial charge in [0.15, 0.2) is 0 Å². The summed E-state index contributed by atoms with van der Waals surface area (Å²) in [6.07, 6.45) is 8.32. The van der Waals surface area contributed by atoms with E-state index in [-0.39, 0.29) is 11.9 Å². The molecule has 0 spiro atoms. The van der Waals surface area contributed by atoms with E-state index in [4.69, 9.17) is 4.98 Å². The molecule has 0 saturated carbocycles. The number of carbonyl (C=O) groups is 2. The van der Waals surface area contributed by atoms with Crippen molar-refractivity contribution in [1.82, 2.24) is 19.8 Å². The zero-order valence-corrected chi connectivity index (χ0v) is 23.2.